The summed E-state index contributed by atoms with van der Waals surface area (Å²) in [5.74, 6) is -0.688. The number of aliphatic hydroxyl groups excluding tert-OH is 1. The van der Waals surface area contributed by atoms with Crippen molar-refractivity contribution in [1.29, 1.82) is 0 Å². The fourth-order valence-corrected chi connectivity index (χ4v) is 2.96. The van der Waals surface area contributed by atoms with E-state index in [4.69, 9.17) is 10.8 Å². The second-order valence-electron chi connectivity index (χ2n) is 5.37. The van der Waals surface area contributed by atoms with Gasteiger partial charge >= 0.3 is 5.97 Å². The quantitative estimate of drug-likeness (QED) is 0.453. The van der Waals surface area contributed by atoms with Crippen molar-refractivity contribution < 1.29 is 15.0 Å². The molecular formula is C16H31NO3S. The van der Waals surface area contributed by atoms with Crippen LogP contribution >= 0.6 is 11.8 Å². The highest BCUT2D eigenvalue weighted by atomic mass is 32.2. The smallest absolute Gasteiger partial charge is 0.321 e. The minimum Gasteiger partial charge on any atom is -0.480 e. The third-order valence-electron chi connectivity index (χ3n) is 3.31. The van der Waals surface area contributed by atoms with Gasteiger partial charge in [0.25, 0.3) is 0 Å². The first kappa shape index (κ1) is 20.5. The lowest BCUT2D eigenvalue weighted by atomic mass is 10.1. The average Bonchev–Trinajstić information content (AvgIpc) is 2.47. The zero-order valence-corrected chi connectivity index (χ0v) is 14.2. The topological polar surface area (TPSA) is 83.6 Å². The Labute approximate surface area is 133 Å². The number of carbonyl (C=O) groups is 1. The molecule has 5 heteroatoms. The van der Waals surface area contributed by atoms with E-state index in [1.165, 1.54) is 31.0 Å². The van der Waals surface area contributed by atoms with Gasteiger partial charge in [0.05, 0.1) is 6.10 Å². The van der Waals surface area contributed by atoms with Crippen molar-refractivity contribution in [3.8, 4) is 0 Å². The van der Waals surface area contributed by atoms with Gasteiger partial charge in [-0.05, 0) is 19.3 Å². The van der Waals surface area contributed by atoms with Crippen LogP contribution in [0.15, 0.2) is 11.0 Å². The molecule has 0 unspecified atom stereocenters. The van der Waals surface area contributed by atoms with Crippen LogP contribution in [0.1, 0.15) is 65.2 Å². The van der Waals surface area contributed by atoms with E-state index < -0.39 is 18.1 Å². The number of carboxylic acid groups (broad SMARTS) is 1. The number of hydrogen-bond acceptors (Lipinski definition) is 4. The molecule has 0 spiro atoms. The maximum atomic E-state index is 10.8. The lowest BCUT2D eigenvalue weighted by Gasteiger charge is -2.16. The van der Waals surface area contributed by atoms with E-state index >= 15 is 0 Å². The minimum absolute atomic E-state index is 0.305. The predicted octanol–water partition coefficient (Wildman–Crippen LogP) is 3.54. The van der Waals surface area contributed by atoms with Crippen LogP contribution in [0.3, 0.4) is 0 Å². The molecule has 0 bridgehead atoms. The Bertz CT molecular complexity index is 308. The van der Waals surface area contributed by atoms with Crippen LogP contribution in [0, 0.1) is 0 Å². The number of hydrogen-bond donors (Lipinski definition) is 3. The summed E-state index contributed by atoms with van der Waals surface area (Å²) in [6.45, 7) is 4.27. The number of aliphatic hydroxyl groups is 1. The standard InChI is InChI=1S/C16H31NO3S/c1-3-5-7-8-9-11-15(14(18)10-6-4-2)21-12-13(17)16(19)20/h11,13-14,18H,3-10,12,17H2,1-2H3,(H,19,20)/t13-,14-/m1/s1. The van der Waals surface area contributed by atoms with Gasteiger partial charge in [0, 0.05) is 10.7 Å². The van der Waals surface area contributed by atoms with Crippen molar-refractivity contribution in [2.24, 2.45) is 5.73 Å². The fourth-order valence-electron chi connectivity index (χ4n) is 1.90. The Balaban J connectivity index is 4.38. The van der Waals surface area contributed by atoms with E-state index in [0.29, 0.717) is 5.75 Å². The van der Waals surface area contributed by atoms with Gasteiger partial charge in [-0.1, -0.05) is 52.0 Å². The van der Waals surface area contributed by atoms with Crippen LogP contribution in [-0.4, -0.2) is 34.1 Å². The van der Waals surface area contributed by atoms with Crippen molar-refractivity contribution in [1.82, 2.24) is 0 Å². The third kappa shape index (κ3) is 10.8. The second kappa shape index (κ2) is 13.2. The molecule has 124 valence electrons. The van der Waals surface area contributed by atoms with E-state index in [1.54, 1.807) is 0 Å². The largest absolute Gasteiger partial charge is 0.480 e. The molecule has 2 atom stereocenters. The van der Waals surface area contributed by atoms with E-state index in [2.05, 4.69) is 19.9 Å². The number of aliphatic carboxylic acids is 1. The Kier molecular flexibility index (Phi) is 12.8. The van der Waals surface area contributed by atoms with Gasteiger partial charge in [-0.2, -0.15) is 0 Å². The van der Waals surface area contributed by atoms with Crippen LogP contribution < -0.4 is 5.73 Å². The summed E-state index contributed by atoms with van der Waals surface area (Å²) in [6, 6.07) is -0.878. The molecule has 0 radical (unpaired) electrons. The normalized spacial score (nSPS) is 15.0. The number of unbranched alkanes of at least 4 members (excludes halogenated alkanes) is 5. The Morgan fingerprint density at radius 3 is 2.43 bits per heavy atom. The zero-order valence-electron chi connectivity index (χ0n) is 13.4. The highest BCUT2D eigenvalue weighted by molar-refractivity contribution is 8.03. The number of rotatable bonds is 13. The predicted molar refractivity (Wildman–Crippen MR) is 90.4 cm³/mol. The fraction of sp³-hybridized carbons (Fsp3) is 0.812. The Morgan fingerprint density at radius 2 is 1.86 bits per heavy atom. The van der Waals surface area contributed by atoms with Crippen molar-refractivity contribution >= 4 is 17.7 Å². The first-order valence-corrected chi connectivity index (χ1v) is 9.00. The second-order valence-corrected chi connectivity index (χ2v) is 6.46. The van der Waals surface area contributed by atoms with Crippen molar-refractivity contribution in [3.63, 3.8) is 0 Å². The first-order valence-electron chi connectivity index (χ1n) is 8.02. The third-order valence-corrected chi connectivity index (χ3v) is 4.61. The summed E-state index contributed by atoms with van der Waals surface area (Å²) in [5, 5.41) is 19.0. The summed E-state index contributed by atoms with van der Waals surface area (Å²) in [6.07, 6.45) is 10.0. The molecule has 0 aromatic heterocycles. The number of carboxylic acids is 1. The van der Waals surface area contributed by atoms with E-state index in [1.807, 2.05) is 0 Å². The van der Waals surface area contributed by atoms with Crippen LogP contribution in [0.25, 0.3) is 0 Å². The van der Waals surface area contributed by atoms with Crippen molar-refractivity contribution in [2.45, 2.75) is 77.4 Å². The first-order chi connectivity index (χ1) is 10.0. The molecule has 4 N–H and O–H groups in total. The Morgan fingerprint density at radius 1 is 1.19 bits per heavy atom. The maximum absolute atomic E-state index is 10.8. The molecule has 0 aromatic rings. The van der Waals surface area contributed by atoms with Gasteiger partial charge in [0.2, 0.25) is 0 Å². The summed E-state index contributed by atoms with van der Waals surface area (Å²) in [7, 11) is 0. The van der Waals surface area contributed by atoms with Crippen LogP contribution in [0.4, 0.5) is 0 Å². The minimum atomic E-state index is -0.993. The summed E-state index contributed by atoms with van der Waals surface area (Å²) >= 11 is 1.39. The zero-order chi connectivity index (χ0) is 16.1. The van der Waals surface area contributed by atoms with Crippen molar-refractivity contribution in [3.05, 3.63) is 11.0 Å². The van der Waals surface area contributed by atoms with E-state index in [9.17, 15) is 9.90 Å². The average molecular weight is 317 g/mol. The van der Waals surface area contributed by atoms with Gasteiger partial charge in [-0.3, -0.25) is 4.79 Å². The van der Waals surface area contributed by atoms with E-state index in [-0.39, 0.29) is 0 Å². The molecule has 0 aliphatic heterocycles. The number of allylic oxidation sites excluding steroid dienone is 1. The molecule has 0 aliphatic rings. The van der Waals surface area contributed by atoms with Crippen molar-refractivity contribution in [2.75, 3.05) is 5.75 Å². The lowest BCUT2D eigenvalue weighted by molar-refractivity contribution is -0.137. The number of nitrogens with two attached hydrogens (primary N) is 1. The summed E-state index contributed by atoms with van der Waals surface area (Å²) < 4.78 is 0. The van der Waals surface area contributed by atoms with Gasteiger partial charge in [0.15, 0.2) is 0 Å². The highest BCUT2D eigenvalue weighted by Crippen LogP contribution is 2.25. The van der Waals surface area contributed by atoms with Crippen LogP contribution in [0.2, 0.25) is 0 Å². The molecule has 0 aromatic carbocycles. The molecule has 0 saturated carbocycles. The van der Waals surface area contributed by atoms with Gasteiger partial charge in [-0.25, -0.2) is 0 Å². The molecule has 4 nitrogen and oxygen atoms in total. The summed E-state index contributed by atoms with van der Waals surface area (Å²) in [4.78, 5) is 11.7. The van der Waals surface area contributed by atoms with Crippen LogP contribution in [0.5, 0.6) is 0 Å². The SMILES string of the molecule is CCCCCCC=C(SC[C@@H](N)C(=O)O)[C@H](O)CCCC. The molecule has 0 heterocycles. The molecule has 0 amide bonds. The highest BCUT2D eigenvalue weighted by Gasteiger charge is 2.16. The van der Waals surface area contributed by atoms with Gasteiger partial charge < -0.3 is 15.9 Å². The molecule has 0 aliphatic carbocycles. The molecule has 0 fully saturated rings. The lowest BCUT2D eigenvalue weighted by Crippen LogP contribution is -2.32. The van der Waals surface area contributed by atoms with Gasteiger partial charge in [-0.15, -0.1) is 11.8 Å². The maximum Gasteiger partial charge on any atom is 0.321 e. The molecule has 0 saturated heterocycles. The Hall–Kier alpha value is -0.520. The van der Waals surface area contributed by atoms with Crippen LogP contribution in [-0.2, 0) is 4.79 Å². The van der Waals surface area contributed by atoms with Gasteiger partial charge in [0.1, 0.15) is 6.04 Å². The monoisotopic (exact) mass is 317 g/mol. The number of thioether (sulfide) groups is 1. The molecule has 0 rings (SSSR count). The molecule has 21 heavy (non-hydrogen) atoms. The molecular weight excluding hydrogens is 286 g/mol. The van der Waals surface area contributed by atoms with E-state index in [0.717, 1.165) is 37.0 Å². The summed E-state index contributed by atoms with van der Waals surface area (Å²) in [5.41, 5.74) is 5.53.